The quantitative estimate of drug-likeness (QED) is 0.761. The van der Waals surface area contributed by atoms with E-state index in [1.807, 2.05) is 18.2 Å². The van der Waals surface area contributed by atoms with Crippen LogP contribution < -0.4 is 10.6 Å². The molecule has 2 N–H and O–H groups in total. The summed E-state index contributed by atoms with van der Waals surface area (Å²) in [6.07, 6.45) is 8.32. The standard InChI is InChI=1S/C19H28N2O/c1-19(2,17-11-7-4-8-12-17)15-21-18(22)20-14-13-16-9-5-3-6-10-16/h4,7-9,11-12H,3,5-6,10,13-15H2,1-2H3,(H2,20,21,22). The van der Waals surface area contributed by atoms with E-state index in [0.717, 1.165) is 13.0 Å². The summed E-state index contributed by atoms with van der Waals surface area (Å²) < 4.78 is 0. The molecule has 0 atom stereocenters. The Kier molecular flexibility index (Phi) is 6.05. The van der Waals surface area contributed by atoms with Crippen molar-refractivity contribution >= 4 is 6.03 Å². The smallest absolute Gasteiger partial charge is 0.314 e. The normalized spacial score (nSPS) is 15.1. The molecule has 2 amide bonds. The first-order valence-corrected chi connectivity index (χ1v) is 8.33. The Morgan fingerprint density at radius 1 is 1.14 bits per heavy atom. The molecule has 0 bridgehead atoms. The minimum atomic E-state index is -0.0691. The van der Waals surface area contributed by atoms with E-state index in [-0.39, 0.29) is 11.4 Å². The molecule has 0 saturated carbocycles. The second-order valence-electron chi connectivity index (χ2n) is 6.72. The fraction of sp³-hybridized carbons (Fsp3) is 0.526. The van der Waals surface area contributed by atoms with Crippen molar-refractivity contribution in [3.05, 3.63) is 47.5 Å². The lowest BCUT2D eigenvalue weighted by Gasteiger charge is -2.25. The number of urea groups is 1. The predicted molar refractivity (Wildman–Crippen MR) is 92.0 cm³/mol. The highest BCUT2D eigenvalue weighted by molar-refractivity contribution is 5.73. The van der Waals surface area contributed by atoms with Crippen molar-refractivity contribution in [2.75, 3.05) is 13.1 Å². The zero-order valence-corrected chi connectivity index (χ0v) is 13.8. The highest BCUT2D eigenvalue weighted by Crippen LogP contribution is 2.21. The minimum Gasteiger partial charge on any atom is -0.338 e. The molecule has 3 nitrogen and oxygen atoms in total. The summed E-state index contributed by atoms with van der Waals surface area (Å²) in [6.45, 7) is 5.65. The van der Waals surface area contributed by atoms with Crippen molar-refractivity contribution < 1.29 is 4.79 Å². The van der Waals surface area contributed by atoms with Crippen LogP contribution in [0.2, 0.25) is 0 Å². The number of hydrogen-bond donors (Lipinski definition) is 2. The van der Waals surface area contributed by atoms with Crippen LogP contribution in [0.5, 0.6) is 0 Å². The molecule has 1 aliphatic rings. The molecule has 0 aromatic heterocycles. The lowest BCUT2D eigenvalue weighted by atomic mass is 9.85. The van der Waals surface area contributed by atoms with Crippen molar-refractivity contribution in [2.45, 2.75) is 51.4 Å². The average Bonchev–Trinajstić information content (AvgIpc) is 2.55. The van der Waals surface area contributed by atoms with Gasteiger partial charge in [0.1, 0.15) is 0 Å². The topological polar surface area (TPSA) is 41.1 Å². The van der Waals surface area contributed by atoms with E-state index in [1.54, 1.807) is 0 Å². The van der Waals surface area contributed by atoms with Crippen molar-refractivity contribution in [3.63, 3.8) is 0 Å². The highest BCUT2D eigenvalue weighted by atomic mass is 16.2. The van der Waals surface area contributed by atoms with E-state index in [9.17, 15) is 4.79 Å². The number of rotatable bonds is 6. The summed E-state index contributed by atoms with van der Waals surface area (Å²) in [6, 6.07) is 10.2. The van der Waals surface area contributed by atoms with Crippen molar-refractivity contribution in [3.8, 4) is 0 Å². The minimum absolute atomic E-state index is 0.0650. The number of amides is 2. The van der Waals surface area contributed by atoms with Crippen LogP contribution in [0.1, 0.15) is 51.5 Å². The van der Waals surface area contributed by atoms with Crippen molar-refractivity contribution in [1.29, 1.82) is 0 Å². The lowest BCUT2D eigenvalue weighted by Crippen LogP contribution is -2.42. The molecule has 0 heterocycles. The number of hydrogen-bond acceptors (Lipinski definition) is 1. The molecule has 1 aliphatic carbocycles. The van der Waals surface area contributed by atoms with Crippen LogP contribution in [0.25, 0.3) is 0 Å². The van der Waals surface area contributed by atoms with Gasteiger partial charge < -0.3 is 10.6 Å². The second kappa shape index (κ2) is 8.02. The van der Waals surface area contributed by atoms with Crippen molar-refractivity contribution in [1.82, 2.24) is 10.6 Å². The maximum atomic E-state index is 11.9. The van der Waals surface area contributed by atoms with Crippen LogP contribution in [0.4, 0.5) is 4.79 Å². The van der Waals surface area contributed by atoms with Gasteiger partial charge in [-0.25, -0.2) is 4.79 Å². The molecule has 1 aromatic rings. The SMILES string of the molecule is CC(C)(CNC(=O)NCCC1=CCCCC1)c1ccccc1. The molecule has 0 radical (unpaired) electrons. The molecular formula is C19H28N2O. The predicted octanol–water partition coefficient (Wildman–Crippen LogP) is 4.15. The fourth-order valence-corrected chi connectivity index (χ4v) is 2.82. The number of carbonyl (C=O) groups is 1. The first-order valence-electron chi connectivity index (χ1n) is 8.33. The van der Waals surface area contributed by atoms with E-state index in [0.29, 0.717) is 6.54 Å². The second-order valence-corrected chi connectivity index (χ2v) is 6.72. The summed E-state index contributed by atoms with van der Waals surface area (Å²) in [4.78, 5) is 11.9. The Hall–Kier alpha value is -1.77. The van der Waals surface area contributed by atoms with Crippen LogP contribution in [0, 0.1) is 0 Å². The van der Waals surface area contributed by atoms with E-state index < -0.39 is 0 Å². The Bertz CT molecular complexity index is 505. The van der Waals surface area contributed by atoms with Gasteiger partial charge in [0, 0.05) is 18.5 Å². The largest absolute Gasteiger partial charge is 0.338 e. The molecule has 0 fully saturated rings. The highest BCUT2D eigenvalue weighted by Gasteiger charge is 2.20. The summed E-state index contributed by atoms with van der Waals surface area (Å²) in [7, 11) is 0. The van der Waals surface area contributed by atoms with Gasteiger partial charge in [0.15, 0.2) is 0 Å². The molecule has 0 saturated heterocycles. The van der Waals surface area contributed by atoms with E-state index in [4.69, 9.17) is 0 Å². The third-order valence-corrected chi connectivity index (χ3v) is 4.36. The Labute approximate surface area is 134 Å². The maximum absolute atomic E-state index is 11.9. The molecule has 0 spiro atoms. The number of carbonyl (C=O) groups excluding carboxylic acids is 1. The van der Waals surface area contributed by atoms with Gasteiger partial charge in [-0.15, -0.1) is 0 Å². The van der Waals surface area contributed by atoms with Gasteiger partial charge in [-0.05, 0) is 37.7 Å². The number of allylic oxidation sites excluding steroid dienone is 1. The molecule has 120 valence electrons. The summed E-state index contributed by atoms with van der Waals surface area (Å²) in [5, 5.41) is 5.95. The van der Waals surface area contributed by atoms with E-state index in [1.165, 1.54) is 36.8 Å². The molecule has 3 heteroatoms. The Balaban J connectivity index is 1.70. The Morgan fingerprint density at radius 3 is 2.59 bits per heavy atom. The van der Waals surface area contributed by atoms with Gasteiger partial charge in [-0.3, -0.25) is 0 Å². The van der Waals surface area contributed by atoms with E-state index in [2.05, 4.69) is 42.7 Å². The van der Waals surface area contributed by atoms with Gasteiger partial charge in [0.25, 0.3) is 0 Å². The lowest BCUT2D eigenvalue weighted by molar-refractivity contribution is 0.238. The zero-order valence-electron chi connectivity index (χ0n) is 13.8. The van der Waals surface area contributed by atoms with Gasteiger partial charge in [-0.1, -0.05) is 55.8 Å². The van der Waals surface area contributed by atoms with Crippen LogP contribution in [0.3, 0.4) is 0 Å². The Morgan fingerprint density at radius 2 is 1.91 bits per heavy atom. The third-order valence-electron chi connectivity index (χ3n) is 4.36. The third kappa shape index (κ3) is 5.21. The molecule has 2 rings (SSSR count). The van der Waals surface area contributed by atoms with Crippen LogP contribution in [-0.2, 0) is 5.41 Å². The first kappa shape index (κ1) is 16.6. The van der Waals surface area contributed by atoms with E-state index >= 15 is 0 Å². The molecule has 0 unspecified atom stereocenters. The number of nitrogens with one attached hydrogen (secondary N) is 2. The molecule has 22 heavy (non-hydrogen) atoms. The summed E-state index contributed by atoms with van der Waals surface area (Å²) >= 11 is 0. The zero-order chi connectivity index (χ0) is 15.8. The van der Waals surface area contributed by atoms with Gasteiger partial charge >= 0.3 is 6.03 Å². The summed E-state index contributed by atoms with van der Waals surface area (Å²) in [5.74, 6) is 0. The fourth-order valence-electron chi connectivity index (χ4n) is 2.82. The molecule has 0 aliphatic heterocycles. The summed E-state index contributed by atoms with van der Waals surface area (Å²) in [5.41, 5.74) is 2.67. The monoisotopic (exact) mass is 300 g/mol. The molecular weight excluding hydrogens is 272 g/mol. The average molecular weight is 300 g/mol. The molecule has 1 aromatic carbocycles. The first-order chi connectivity index (χ1) is 10.6. The van der Waals surface area contributed by atoms with Gasteiger partial charge in [0.2, 0.25) is 0 Å². The van der Waals surface area contributed by atoms with Crippen LogP contribution >= 0.6 is 0 Å². The van der Waals surface area contributed by atoms with Gasteiger partial charge in [-0.2, -0.15) is 0 Å². The maximum Gasteiger partial charge on any atom is 0.314 e. The number of benzene rings is 1. The van der Waals surface area contributed by atoms with Crippen molar-refractivity contribution in [2.24, 2.45) is 0 Å². The van der Waals surface area contributed by atoms with Crippen LogP contribution in [-0.4, -0.2) is 19.1 Å². The van der Waals surface area contributed by atoms with Gasteiger partial charge in [0.05, 0.1) is 0 Å². The van der Waals surface area contributed by atoms with Crippen LogP contribution in [0.15, 0.2) is 42.0 Å².